The Morgan fingerprint density at radius 1 is 1.19 bits per heavy atom. The van der Waals surface area contributed by atoms with Gasteiger partial charge in [0.15, 0.2) is 0 Å². The Kier molecular flexibility index (Phi) is 3.69. The van der Waals surface area contributed by atoms with Gasteiger partial charge in [0.25, 0.3) is 0 Å². The lowest BCUT2D eigenvalue weighted by Crippen LogP contribution is -2.39. The SMILES string of the molecule is O=C(NCc1ccccc1)C1C=Cc2ccc(F)cc2N1. The summed E-state index contributed by atoms with van der Waals surface area (Å²) in [7, 11) is 0. The van der Waals surface area contributed by atoms with Crippen LogP contribution in [0.15, 0.2) is 54.6 Å². The monoisotopic (exact) mass is 282 g/mol. The fourth-order valence-corrected chi connectivity index (χ4v) is 2.26. The Bertz CT molecular complexity index is 682. The Hall–Kier alpha value is -2.62. The highest BCUT2D eigenvalue weighted by molar-refractivity contribution is 5.90. The lowest BCUT2D eigenvalue weighted by molar-refractivity contribution is -0.121. The first kappa shape index (κ1) is 13.4. The summed E-state index contributed by atoms with van der Waals surface area (Å²) in [6, 6.07) is 13.7. The van der Waals surface area contributed by atoms with Crippen LogP contribution >= 0.6 is 0 Å². The van der Waals surface area contributed by atoms with E-state index < -0.39 is 6.04 Å². The molecule has 0 spiro atoms. The second-order valence-electron chi connectivity index (χ2n) is 4.92. The summed E-state index contributed by atoms with van der Waals surface area (Å²) in [5.74, 6) is -0.454. The van der Waals surface area contributed by atoms with E-state index in [9.17, 15) is 9.18 Å². The molecule has 0 aromatic heterocycles. The predicted molar refractivity (Wildman–Crippen MR) is 81.1 cm³/mol. The summed E-state index contributed by atoms with van der Waals surface area (Å²) in [5.41, 5.74) is 2.55. The fourth-order valence-electron chi connectivity index (χ4n) is 2.26. The highest BCUT2D eigenvalue weighted by atomic mass is 19.1. The number of nitrogens with one attached hydrogen (secondary N) is 2. The average Bonchev–Trinajstić information content (AvgIpc) is 2.53. The fraction of sp³-hybridized carbons (Fsp3) is 0.118. The number of hydrogen-bond donors (Lipinski definition) is 2. The molecule has 2 aromatic rings. The molecule has 3 nitrogen and oxygen atoms in total. The van der Waals surface area contributed by atoms with E-state index in [1.54, 1.807) is 12.1 Å². The van der Waals surface area contributed by atoms with Crippen molar-refractivity contribution in [2.24, 2.45) is 0 Å². The Labute approximate surface area is 122 Å². The maximum absolute atomic E-state index is 13.2. The summed E-state index contributed by atoms with van der Waals surface area (Å²) >= 11 is 0. The minimum absolute atomic E-state index is 0.134. The number of hydrogen-bond acceptors (Lipinski definition) is 2. The minimum Gasteiger partial charge on any atom is -0.370 e. The van der Waals surface area contributed by atoms with Crippen molar-refractivity contribution >= 4 is 17.7 Å². The van der Waals surface area contributed by atoms with E-state index in [-0.39, 0.29) is 11.7 Å². The van der Waals surface area contributed by atoms with Crippen molar-refractivity contribution in [1.82, 2.24) is 5.32 Å². The van der Waals surface area contributed by atoms with Gasteiger partial charge in [-0.05, 0) is 23.3 Å². The average molecular weight is 282 g/mol. The van der Waals surface area contributed by atoms with Crippen LogP contribution in [0.3, 0.4) is 0 Å². The molecule has 2 aromatic carbocycles. The molecule has 0 saturated heterocycles. The zero-order valence-corrected chi connectivity index (χ0v) is 11.3. The van der Waals surface area contributed by atoms with Gasteiger partial charge >= 0.3 is 0 Å². The van der Waals surface area contributed by atoms with Crippen molar-refractivity contribution in [3.05, 3.63) is 71.6 Å². The molecule has 4 heteroatoms. The number of carbonyl (C=O) groups is 1. The molecule has 0 aliphatic carbocycles. The predicted octanol–water partition coefficient (Wildman–Crippen LogP) is 2.95. The van der Waals surface area contributed by atoms with Gasteiger partial charge in [-0.2, -0.15) is 0 Å². The molecule has 1 amide bonds. The number of rotatable bonds is 3. The van der Waals surface area contributed by atoms with Crippen molar-refractivity contribution in [3.63, 3.8) is 0 Å². The van der Waals surface area contributed by atoms with E-state index in [1.807, 2.05) is 36.4 Å². The van der Waals surface area contributed by atoms with Gasteiger partial charge < -0.3 is 10.6 Å². The van der Waals surface area contributed by atoms with Crippen LogP contribution in [0.1, 0.15) is 11.1 Å². The van der Waals surface area contributed by atoms with Gasteiger partial charge in [-0.3, -0.25) is 4.79 Å². The van der Waals surface area contributed by atoms with Crippen molar-refractivity contribution in [2.75, 3.05) is 5.32 Å². The Morgan fingerprint density at radius 3 is 2.81 bits per heavy atom. The van der Waals surface area contributed by atoms with Crippen LogP contribution in [0, 0.1) is 5.82 Å². The van der Waals surface area contributed by atoms with Crippen molar-refractivity contribution in [1.29, 1.82) is 0 Å². The minimum atomic E-state index is -0.483. The quantitative estimate of drug-likeness (QED) is 0.908. The van der Waals surface area contributed by atoms with Crippen LogP contribution in [0.2, 0.25) is 0 Å². The van der Waals surface area contributed by atoms with Crippen LogP contribution in [-0.2, 0) is 11.3 Å². The molecule has 1 aliphatic rings. The van der Waals surface area contributed by atoms with Gasteiger partial charge in [0.05, 0.1) is 0 Å². The summed E-state index contributed by atoms with van der Waals surface area (Å²) in [4.78, 5) is 12.1. The standard InChI is InChI=1S/C17H15FN2O/c18-14-8-6-13-7-9-15(20-16(13)10-14)17(21)19-11-12-4-2-1-3-5-12/h1-10,15,20H,11H2,(H,19,21). The number of amides is 1. The third-order valence-corrected chi connectivity index (χ3v) is 3.39. The molecule has 2 N–H and O–H groups in total. The largest absolute Gasteiger partial charge is 0.370 e. The van der Waals surface area contributed by atoms with Crippen LogP contribution in [0.25, 0.3) is 6.08 Å². The molecule has 1 unspecified atom stereocenters. The second-order valence-corrected chi connectivity index (χ2v) is 4.92. The van der Waals surface area contributed by atoms with Crippen LogP contribution in [-0.4, -0.2) is 11.9 Å². The highest BCUT2D eigenvalue weighted by Crippen LogP contribution is 2.23. The maximum atomic E-state index is 13.2. The van der Waals surface area contributed by atoms with Crippen LogP contribution < -0.4 is 10.6 Å². The molecular formula is C17H15FN2O. The number of benzene rings is 2. The Balaban J connectivity index is 1.64. The first-order chi connectivity index (χ1) is 10.2. The van der Waals surface area contributed by atoms with E-state index in [0.717, 1.165) is 11.1 Å². The third-order valence-electron chi connectivity index (χ3n) is 3.39. The topological polar surface area (TPSA) is 41.1 Å². The number of fused-ring (bicyclic) bond motifs is 1. The summed E-state index contributed by atoms with van der Waals surface area (Å²) in [6.07, 6.45) is 3.61. The van der Waals surface area contributed by atoms with E-state index in [4.69, 9.17) is 0 Å². The van der Waals surface area contributed by atoms with Crippen molar-refractivity contribution in [2.45, 2.75) is 12.6 Å². The van der Waals surface area contributed by atoms with Gasteiger partial charge in [0.1, 0.15) is 11.9 Å². The molecule has 3 rings (SSSR count). The lowest BCUT2D eigenvalue weighted by atomic mass is 10.0. The molecule has 0 radical (unpaired) electrons. The van der Waals surface area contributed by atoms with Gasteiger partial charge in [0, 0.05) is 12.2 Å². The molecule has 106 valence electrons. The number of halogens is 1. The molecule has 1 atom stereocenters. The van der Waals surface area contributed by atoms with Crippen molar-refractivity contribution < 1.29 is 9.18 Å². The molecule has 1 aliphatic heterocycles. The smallest absolute Gasteiger partial charge is 0.246 e. The molecule has 1 heterocycles. The first-order valence-corrected chi connectivity index (χ1v) is 6.78. The molecule has 0 fully saturated rings. The molecule has 21 heavy (non-hydrogen) atoms. The molecular weight excluding hydrogens is 267 g/mol. The molecule has 0 bridgehead atoms. The first-order valence-electron chi connectivity index (χ1n) is 6.78. The van der Waals surface area contributed by atoms with E-state index in [0.29, 0.717) is 12.2 Å². The van der Waals surface area contributed by atoms with Crippen molar-refractivity contribution in [3.8, 4) is 0 Å². The van der Waals surface area contributed by atoms with E-state index >= 15 is 0 Å². The number of carbonyl (C=O) groups excluding carboxylic acids is 1. The lowest BCUT2D eigenvalue weighted by Gasteiger charge is -2.21. The summed E-state index contributed by atoms with van der Waals surface area (Å²) < 4.78 is 13.2. The van der Waals surface area contributed by atoms with Crippen LogP contribution in [0.5, 0.6) is 0 Å². The maximum Gasteiger partial charge on any atom is 0.246 e. The Morgan fingerprint density at radius 2 is 2.00 bits per heavy atom. The normalized spacial score (nSPS) is 16.0. The summed E-state index contributed by atoms with van der Waals surface area (Å²) in [6.45, 7) is 0.474. The van der Waals surface area contributed by atoms with Gasteiger partial charge in [-0.25, -0.2) is 4.39 Å². The van der Waals surface area contributed by atoms with Crippen LogP contribution in [0.4, 0.5) is 10.1 Å². The zero-order valence-electron chi connectivity index (χ0n) is 11.3. The third kappa shape index (κ3) is 3.11. The van der Waals surface area contributed by atoms with Gasteiger partial charge in [0.2, 0.25) is 5.91 Å². The van der Waals surface area contributed by atoms with E-state index in [1.165, 1.54) is 12.1 Å². The summed E-state index contributed by atoms with van der Waals surface area (Å²) in [5, 5.41) is 5.90. The zero-order chi connectivity index (χ0) is 14.7. The van der Waals surface area contributed by atoms with Gasteiger partial charge in [-0.15, -0.1) is 0 Å². The molecule has 0 saturated carbocycles. The van der Waals surface area contributed by atoms with Gasteiger partial charge in [-0.1, -0.05) is 48.6 Å². The highest BCUT2D eigenvalue weighted by Gasteiger charge is 2.19. The number of anilines is 1. The second kappa shape index (κ2) is 5.79. The van der Waals surface area contributed by atoms with E-state index in [2.05, 4.69) is 10.6 Å².